The van der Waals surface area contributed by atoms with Crippen molar-refractivity contribution < 1.29 is 4.42 Å². The Kier molecular flexibility index (Phi) is 4.02. The quantitative estimate of drug-likeness (QED) is 0.339. The monoisotopic (exact) mass is 404 g/mol. The van der Waals surface area contributed by atoms with Gasteiger partial charge in [-0.3, -0.25) is 13.8 Å². The van der Waals surface area contributed by atoms with Gasteiger partial charge in [-0.25, -0.2) is 4.79 Å². The van der Waals surface area contributed by atoms with Crippen molar-refractivity contribution in [1.82, 2.24) is 19.2 Å². The molecule has 0 aliphatic heterocycles. The van der Waals surface area contributed by atoms with Crippen LogP contribution in [0.5, 0.6) is 0 Å². The van der Waals surface area contributed by atoms with Crippen LogP contribution in [0.4, 0.5) is 0 Å². The minimum Gasteiger partial charge on any atom is -0.423 e. The van der Waals surface area contributed by atoms with Crippen LogP contribution in [0.1, 0.15) is 11.1 Å². The highest BCUT2D eigenvalue weighted by Crippen LogP contribution is 2.27. The third-order valence-electron chi connectivity index (χ3n) is 4.94. The number of benzene rings is 2. The number of hydrogen-bond acceptors (Lipinski definition) is 6. The smallest absolute Gasteiger partial charge is 0.336 e. The van der Waals surface area contributed by atoms with Gasteiger partial charge in [-0.2, -0.15) is 0 Å². The van der Waals surface area contributed by atoms with Gasteiger partial charge in [0.05, 0.1) is 10.9 Å². The van der Waals surface area contributed by atoms with Crippen molar-refractivity contribution in [1.29, 1.82) is 0 Å². The highest BCUT2D eigenvalue weighted by Gasteiger charge is 2.15. The van der Waals surface area contributed by atoms with Gasteiger partial charge in [0.15, 0.2) is 5.16 Å². The van der Waals surface area contributed by atoms with Gasteiger partial charge in [-0.15, -0.1) is 10.2 Å². The lowest BCUT2D eigenvalue weighted by Gasteiger charge is -2.08. The number of hydrogen-bond donors (Lipinski definition) is 0. The van der Waals surface area contributed by atoms with E-state index in [4.69, 9.17) is 4.42 Å². The molecule has 5 aromatic rings. The molecule has 0 fully saturated rings. The maximum absolute atomic E-state index is 12.6. The van der Waals surface area contributed by atoms with Crippen molar-refractivity contribution in [2.75, 3.05) is 0 Å². The third kappa shape index (κ3) is 2.84. The molecule has 2 aromatic carbocycles. The first kappa shape index (κ1) is 17.7. The maximum atomic E-state index is 12.6. The molecule has 0 bridgehead atoms. The molecule has 0 saturated carbocycles. The van der Waals surface area contributed by atoms with Gasteiger partial charge in [-0.05, 0) is 36.2 Å². The lowest BCUT2D eigenvalue weighted by atomic mass is 10.1. The van der Waals surface area contributed by atoms with Crippen LogP contribution in [0, 0.1) is 6.92 Å². The van der Waals surface area contributed by atoms with Gasteiger partial charge < -0.3 is 4.42 Å². The lowest BCUT2D eigenvalue weighted by molar-refractivity contribution is 0.559. The molecule has 0 saturated heterocycles. The van der Waals surface area contributed by atoms with Crippen LogP contribution in [0.15, 0.2) is 67.7 Å². The maximum Gasteiger partial charge on any atom is 0.336 e. The van der Waals surface area contributed by atoms with E-state index in [0.29, 0.717) is 27.7 Å². The largest absolute Gasteiger partial charge is 0.423 e. The number of nitrogens with zero attached hydrogens (tertiary/aromatic N) is 4. The van der Waals surface area contributed by atoms with E-state index < -0.39 is 0 Å². The van der Waals surface area contributed by atoms with Crippen LogP contribution >= 0.6 is 11.8 Å². The molecule has 5 rings (SSSR count). The Morgan fingerprint density at radius 1 is 1.03 bits per heavy atom. The van der Waals surface area contributed by atoms with Crippen LogP contribution in [0.2, 0.25) is 0 Å². The third-order valence-corrected chi connectivity index (χ3v) is 5.92. The van der Waals surface area contributed by atoms with Crippen molar-refractivity contribution >= 4 is 39.4 Å². The SMILES string of the molecule is Cc1ccc2c(CSc3nnc4n(C)c(=O)c5ccccc5n34)cc(=O)oc2c1. The Morgan fingerprint density at radius 3 is 2.72 bits per heavy atom. The van der Waals surface area contributed by atoms with E-state index in [1.165, 1.54) is 22.4 Å². The summed E-state index contributed by atoms with van der Waals surface area (Å²) < 4.78 is 8.71. The minimum atomic E-state index is -0.377. The summed E-state index contributed by atoms with van der Waals surface area (Å²) in [5.74, 6) is 0.993. The topological polar surface area (TPSA) is 82.4 Å². The Hall–Kier alpha value is -3.39. The van der Waals surface area contributed by atoms with E-state index in [0.717, 1.165) is 22.0 Å². The predicted molar refractivity (Wildman–Crippen MR) is 113 cm³/mol. The molecule has 3 heterocycles. The van der Waals surface area contributed by atoms with Crippen LogP contribution in [0.25, 0.3) is 27.6 Å². The fourth-order valence-electron chi connectivity index (χ4n) is 3.50. The van der Waals surface area contributed by atoms with Gasteiger partial charge in [0.1, 0.15) is 5.58 Å². The molecule has 0 radical (unpaired) electrons. The summed E-state index contributed by atoms with van der Waals surface area (Å²) in [4.78, 5) is 24.6. The number of thioether (sulfide) groups is 1. The average molecular weight is 404 g/mol. The summed E-state index contributed by atoms with van der Waals surface area (Å²) in [7, 11) is 1.69. The summed E-state index contributed by atoms with van der Waals surface area (Å²) >= 11 is 1.46. The minimum absolute atomic E-state index is 0.112. The molecule has 0 aliphatic rings. The molecule has 0 atom stereocenters. The number of rotatable bonds is 3. The van der Waals surface area contributed by atoms with E-state index in [1.54, 1.807) is 13.1 Å². The van der Waals surface area contributed by atoms with Gasteiger partial charge in [0.25, 0.3) is 5.56 Å². The number of para-hydroxylation sites is 1. The molecule has 0 unspecified atom stereocenters. The van der Waals surface area contributed by atoms with E-state index in [2.05, 4.69) is 10.2 Å². The highest BCUT2D eigenvalue weighted by atomic mass is 32.2. The van der Waals surface area contributed by atoms with E-state index in [-0.39, 0.29) is 11.2 Å². The lowest BCUT2D eigenvalue weighted by Crippen LogP contribution is -2.20. The molecule has 144 valence electrons. The molecule has 0 spiro atoms. The van der Waals surface area contributed by atoms with Gasteiger partial charge in [-0.1, -0.05) is 36.0 Å². The zero-order valence-corrected chi connectivity index (χ0v) is 16.6. The van der Waals surface area contributed by atoms with Crippen molar-refractivity contribution in [2.24, 2.45) is 7.05 Å². The Bertz CT molecular complexity index is 1530. The standard InChI is InChI=1S/C21H16N4O3S/c1-12-7-8-14-13(10-18(26)28-17(14)9-12)11-29-21-23-22-20-24(2)19(27)15-5-3-4-6-16(15)25(20)21/h3-10H,11H2,1-2H3. The summed E-state index contributed by atoms with van der Waals surface area (Å²) in [5, 5.41) is 10.7. The Balaban J connectivity index is 1.63. The normalized spacial score (nSPS) is 11.7. The van der Waals surface area contributed by atoms with Gasteiger partial charge in [0.2, 0.25) is 5.78 Å². The van der Waals surface area contributed by atoms with Crippen LogP contribution in [-0.2, 0) is 12.8 Å². The first-order valence-electron chi connectivity index (χ1n) is 9.02. The summed E-state index contributed by atoms with van der Waals surface area (Å²) in [6, 6.07) is 14.7. The van der Waals surface area contributed by atoms with Crippen LogP contribution in [-0.4, -0.2) is 19.2 Å². The van der Waals surface area contributed by atoms with E-state index >= 15 is 0 Å². The first-order valence-corrected chi connectivity index (χ1v) is 10.0. The molecule has 0 amide bonds. The highest BCUT2D eigenvalue weighted by molar-refractivity contribution is 7.98. The number of fused-ring (bicyclic) bond motifs is 4. The zero-order valence-electron chi connectivity index (χ0n) is 15.7. The number of aromatic nitrogens is 4. The Morgan fingerprint density at radius 2 is 1.86 bits per heavy atom. The predicted octanol–water partition coefficient (Wildman–Crippen LogP) is 3.29. The van der Waals surface area contributed by atoms with Crippen molar-refractivity contribution in [3.63, 3.8) is 0 Å². The van der Waals surface area contributed by atoms with E-state index in [9.17, 15) is 9.59 Å². The summed E-state index contributed by atoms with van der Waals surface area (Å²) in [5.41, 5.74) is 2.74. The molecule has 7 nitrogen and oxygen atoms in total. The average Bonchev–Trinajstić information content (AvgIpc) is 3.14. The molecular weight excluding hydrogens is 388 g/mol. The molecule has 0 N–H and O–H groups in total. The summed E-state index contributed by atoms with van der Waals surface area (Å²) in [6.45, 7) is 1.96. The first-order chi connectivity index (χ1) is 14.0. The molecule has 3 aromatic heterocycles. The fourth-order valence-corrected chi connectivity index (χ4v) is 4.43. The second-order valence-electron chi connectivity index (χ2n) is 6.88. The van der Waals surface area contributed by atoms with Crippen molar-refractivity contribution in [3.05, 3.63) is 80.4 Å². The fraction of sp³-hybridized carbons (Fsp3) is 0.143. The zero-order chi connectivity index (χ0) is 20.1. The molecule has 8 heteroatoms. The Labute approximate surface area is 168 Å². The van der Waals surface area contributed by atoms with Gasteiger partial charge >= 0.3 is 5.63 Å². The second-order valence-corrected chi connectivity index (χ2v) is 7.82. The van der Waals surface area contributed by atoms with Crippen LogP contribution < -0.4 is 11.2 Å². The van der Waals surface area contributed by atoms with Crippen molar-refractivity contribution in [2.45, 2.75) is 17.8 Å². The van der Waals surface area contributed by atoms with E-state index in [1.807, 2.05) is 47.7 Å². The molecule has 29 heavy (non-hydrogen) atoms. The molecule has 0 aliphatic carbocycles. The second kappa shape index (κ2) is 6.59. The number of aryl methyl sites for hydroxylation is 2. The summed E-state index contributed by atoms with van der Waals surface area (Å²) in [6.07, 6.45) is 0. The van der Waals surface area contributed by atoms with Gasteiger partial charge in [0, 0.05) is 24.3 Å². The van der Waals surface area contributed by atoms with Crippen LogP contribution in [0.3, 0.4) is 0 Å². The van der Waals surface area contributed by atoms with Crippen molar-refractivity contribution in [3.8, 4) is 0 Å². The molecular formula is C21H16N4O3S.